The highest BCUT2D eigenvalue weighted by atomic mass is 35.5. The van der Waals surface area contributed by atoms with Gasteiger partial charge in [0.2, 0.25) is 5.60 Å². The lowest BCUT2D eigenvalue weighted by molar-refractivity contribution is -0.151. The van der Waals surface area contributed by atoms with Gasteiger partial charge in [-0.25, -0.2) is 9.18 Å². The molecule has 0 aliphatic heterocycles. The smallest absolute Gasteiger partial charge is 0.350 e. The molecule has 1 N–H and O–H groups in total. The Bertz CT molecular complexity index is 1500. The van der Waals surface area contributed by atoms with Gasteiger partial charge in [-0.1, -0.05) is 54.7 Å². The minimum Gasteiger partial charge on any atom is -0.475 e. The van der Waals surface area contributed by atoms with Gasteiger partial charge in [-0.2, -0.15) is 0 Å². The number of rotatable bonds is 10. The van der Waals surface area contributed by atoms with Crippen molar-refractivity contribution in [2.24, 2.45) is 11.8 Å². The third kappa shape index (κ3) is 5.68. The minimum atomic E-state index is -1.32. The van der Waals surface area contributed by atoms with Gasteiger partial charge < -0.3 is 23.8 Å². The molecule has 3 aliphatic rings. The Labute approximate surface area is 260 Å². The molecule has 6 rings (SSSR count). The van der Waals surface area contributed by atoms with Gasteiger partial charge in [-0.15, -0.1) is 0 Å². The first-order valence-electron chi connectivity index (χ1n) is 14.9. The summed E-state index contributed by atoms with van der Waals surface area (Å²) < 4.78 is 38.1. The van der Waals surface area contributed by atoms with Crippen LogP contribution in [0.3, 0.4) is 0 Å². The topological polar surface area (TPSA) is 91.0 Å². The van der Waals surface area contributed by atoms with Crippen LogP contribution in [0.25, 0.3) is 11.3 Å². The number of nitrogens with zero attached hydrogens (tertiary/aromatic N) is 1. The summed E-state index contributed by atoms with van der Waals surface area (Å²) in [4.78, 5) is 12.2. The molecule has 0 bridgehead atoms. The predicted molar refractivity (Wildman–Crippen MR) is 160 cm³/mol. The van der Waals surface area contributed by atoms with Gasteiger partial charge in [0.1, 0.15) is 23.0 Å². The Kier molecular flexibility index (Phi) is 8.26. The van der Waals surface area contributed by atoms with Gasteiger partial charge in [-0.3, -0.25) is 0 Å². The summed E-state index contributed by atoms with van der Waals surface area (Å²) in [5.74, 6) is -0.166. The van der Waals surface area contributed by atoms with Gasteiger partial charge in [-0.05, 0) is 67.3 Å². The fraction of sp³-hybridized carbons (Fsp3) is 0.515. The third-order valence-corrected chi connectivity index (χ3v) is 10.00. The van der Waals surface area contributed by atoms with E-state index in [0.29, 0.717) is 64.9 Å². The average Bonchev–Trinajstić information content (AvgIpc) is 3.92. The number of aromatic nitrogens is 1. The highest BCUT2D eigenvalue weighted by Gasteiger charge is 2.55. The van der Waals surface area contributed by atoms with E-state index in [1.807, 2.05) is 13.8 Å². The molecule has 0 amide bonds. The summed E-state index contributed by atoms with van der Waals surface area (Å²) in [6.45, 7) is 4.25. The van der Waals surface area contributed by atoms with Crippen LogP contribution in [0.1, 0.15) is 81.6 Å². The molecule has 230 valence electrons. The number of benzene rings is 2. The van der Waals surface area contributed by atoms with Crippen LogP contribution in [-0.4, -0.2) is 35.0 Å². The molecule has 7 nitrogen and oxygen atoms in total. The van der Waals surface area contributed by atoms with E-state index in [-0.39, 0.29) is 30.3 Å². The van der Waals surface area contributed by atoms with Crippen LogP contribution in [0.4, 0.5) is 4.39 Å². The number of hydrogen-bond donors (Lipinski definition) is 1. The molecule has 0 saturated heterocycles. The van der Waals surface area contributed by atoms with Gasteiger partial charge >= 0.3 is 5.97 Å². The molecule has 1 heterocycles. The summed E-state index contributed by atoms with van der Waals surface area (Å²) in [6, 6.07) is 9.61. The van der Waals surface area contributed by atoms with Crippen molar-refractivity contribution >= 4 is 29.2 Å². The van der Waals surface area contributed by atoms with Crippen LogP contribution in [0, 0.1) is 17.7 Å². The Morgan fingerprint density at radius 3 is 2.51 bits per heavy atom. The van der Waals surface area contributed by atoms with Crippen molar-refractivity contribution in [1.82, 2.24) is 5.16 Å². The first kappa shape index (κ1) is 30.4. The van der Waals surface area contributed by atoms with Gasteiger partial charge in [0, 0.05) is 36.0 Å². The predicted octanol–water partition coefficient (Wildman–Crippen LogP) is 7.98. The lowest BCUT2D eigenvalue weighted by Gasteiger charge is -2.47. The van der Waals surface area contributed by atoms with E-state index in [9.17, 15) is 14.3 Å². The SMILES string of the molecule is CC[C@@H]1C[C@@H](OCc2c(-c3c(Cl)cccc3Cl)noc2C2CC2)C[C@H](C)[C@]1(O)c1cc(F)cc(OC2(C(=O)OC)CC2)c1. The molecule has 1 aromatic heterocycles. The van der Waals surface area contributed by atoms with Crippen molar-refractivity contribution in [3.05, 3.63) is 69.1 Å². The van der Waals surface area contributed by atoms with E-state index in [1.165, 1.54) is 19.2 Å². The molecule has 43 heavy (non-hydrogen) atoms. The van der Waals surface area contributed by atoms with E-state index in [0.717, 1.165) is 24.2 Å². The Balaban J connectivity index is 1.22. The summed E-state index contributed by atoms with van der Waals surface area (Å²) in [7, 11) is 1.31. The second kappa shape index (κ2) is 11.7. The number of halogens is 3. The highest BCUT2D eigenvalue weighted by Crippen LogP contribution is 2.51. The molecule has 3 saturated carbocycles. The quantitative estimate of drug-likeness (QED) is 0.227. The highest BCUT2D eigenvalue weighted by molar-refractivity contribution is 6.39. The second-order valence-corrected chi connectivity index (χ2v) is 13.1. The average molecular weight is 633 g/mol. The van der Waals surface area contributed by atoms with Crippen molar-refractivity contribution in [3.63, 3.8) is 0 Å². The standard InChI is InChI=1S/C33H36Cl2FNO6/c1-4-20-14-23(41-17-25-29(37-43-30(25)19-8-9-19)28-26(34)6-5-7-27(28)35)12-18(2)33(20,39)21-13-22(36)16-24(15-21)42-32(10-11-32)31(38)40-3/h5-7,13,15-16,18-20,23,39H,4,8-12,14,17H2,1-3H3/t18-,20+,23-,33+/m0/s1. The molecule has 0 spiro atoms. The van der Waals surface area contributed by atoms with Crippen LogP contribution in [0.15, 0.2) is 40.9 Å². The first-order chi connectivity index (χ1) is 20.6. The lowest BCUT2D eigenvalue weighted by Crippen LogP contribution is -2.48. The molecular formula is C33H36Cl2FNO6. The van der Waals surface area contributed by atoms with Crippen molar-refractivity contribution in [3.8, 4) is 17.0 Å². The van der Waals surface area contributed by atoms with E-state index in [4.69, 9.17) is 41.9 Å². The minimum absolute atomic E-state index is 0.157. The van der Waals surface area contributed by atoms with Crippen LogP contribution in [0.5, 0.6) is 5.75 Å². The Hall–Kier alpha value is -2.65. The van der Waals surface area contributed by atoms with E-state index < -0.39 is 23.0 Å². The number of hydrogen-bond acceptors (Lipinski definition) is 7. The summed E-state index contributed by atoms with van der Waals surface area (Å²) in [5, 5.41) is 17.6. The third-order valence-electron chi connectivity index (χ3n) is 9.37. The summed E-state index contributed by atoms with van der Waals surface area (Å²) in [6.07, 6.45) is 4.69. The van der Waals surface area contributed by atoms with Crippen LogP contribution < -0.4 is 4.74 Å². The molecule has 0 radical (unpaired) electrons. The van der Waals surface area contributed by atoms with Gasteiger partial charge in [0.05, 0.1) is 35.5 Å². The second-order valence-electron chi connectivity index (χ2n) is 12.2. The number of carbonyl (C=O) groups excluding carboxylic acids is 1. The monoisotopic (exact) mass is 631 g/mol. The fourth-order valence-electron chi connectivity index (χ4n) is 6.68. The van der Waals surface area contributed by atoms with Crippen molar-refractivity contribution < 1.29 is 33.0 Å². The van der Waals surface area contributed by atoms with Crippen LogP contribution in [0.2, 0.25) is 10.0 Å². The van der Waals surface area contributed by atoms with Crippen molar-refractivity contribution in [1.29, 1.82) is 0 Å². The number of ether oxygens (including phenoxy) is 3. The Morgan fingerprint density at radius 2 is 1.88 bits per heavy atom. The molecular weight excluding hydrogens is 596 g/mol. The summed E-state index contributed by atoms with van der Waals surface area (Å²) in [5.41, 5.74) is 0.110. The van der Waals surface area contributed by atoms with E-state index >= 15 is 0 Å². The molecule has 3 aliphatic carbocycles. The summed E-state index contributed by atoms with van der Waals surface area (Å²) >= 11 is 13.1. The number of aliphatic hydroxyl groups is 1. The number of carbonyl (C=O) groups is 1. The zero-order valence-electron chi connectivity index (χ0n) is 24.5. The molecule has 3 aromatic rings. The number of methoxy groups -OCH3 is 1. The zero-order valence-corrected chi connectivity index (χ0v) is 26.0. The maximum atomic E-state index is 14.9. The van der Waals surface area contributed by atoms with Crippen LogP contribution in [-0.2, 0) is 26.5 Å². The van der Waals surface area contributed by atoms with Crippen molar-refractivity contribution in [2.75, 3.05) is 7.11 Å². The normalized spacial score (nSPS) is 26.3. The lowest BCUT2D eigenvalue weighted by atomic mass is 9.64. The maximum Gasteiger partial charge on any atom is 0.350 e. The molecule has 3 fully saturated rings. The van der Waals surface area contributed by atoms with Gasteiger partial charge in [0.15, 0.2) is 0 Å². The van der Waals surface area contributed by atoms with Crippen molar-refractivity contribution in [2.45, 2.75) is 88.6 Å². The molecule has 2 aromatic carbocycles. The zero-order chi connectivity index (χ0) is 30.5. The molecule has 10 heteroatoms. The molecule has 0 unspecified atom stereocenters. The number of esters is 1. The van der Waals surface area contributed by atoms with Gasteiger partial charge in [0.25, 0.3) is 0 Å². The largest absolute Gasteiger partial charge is 0.475 e. The first-order valence-corrected chi connectivity index (χ1v) is 15.7. The maximum absolute atomic E-state index is 14.9. The fourth-order valence-corrected chi connectivity index (χ4v) is 7.26. The van der Waals surface area contributed by atoms with E-state index in [1.54, 1.807) is 24.3 Å². The molecule has 4 atom stereocenters. The van der Waals surface area contributed by atoms with E-state index in [2.05, 4.69) is 5.16 Å². The van der Waals surface area contributed by atoms with Crippen LogP contribution >= 0.6 is 23.2 Å². The Morgan fingerprint density at radius 1 is 1.16 bits per heavy atom.